The van der Waals surface area contributed by atoms with Gasteiger partial charge in [-0.15, -0.1) is 0 Å². The third-order valence-electron chi connectivity index (χ3n) is 2.73. The number of amides is 2. The molecule has 104 valence electrons. The molecule has 0 radical (unpaired) electrons. The SMILES string of the molecule is CCC[C@H](NC(=O)OC(C)(C)C)C(=O)N1CCC1. The zero-order valence-electron chi connectivity index (χ0n) is 11.8. The van der Waals surface area contributed by atoms with Crippen LogP contribution in [0.5, 0.6) is 0 Å². The molecule has 2 amide bonds. The van der Waals surface area contributed by atoms with E-state index in [0.29, 0.717) is 6.42 Å². The molecule has 1 heterocycles. The first-order valence-corrected chi connectivity index (χ1v) is 6.62. The molecule has 0 spiro atoms. The molecule has 0 aliphatic carbocycles. The number of rotatable bonds is 4. The van der Waals surface area contributed by atoms with Gasteiger partial charge < -0.3 is 15.0 Å². The lowest BCUT2D eigenvalue weighted by molar-refractivity contribution is -0.137. The van der Waals surface area contributed by atoms with Crippen molar-refractivity contribution in [2.45, 2.75) is 58.6 Å². The Bertz CT molecular complexity index is 306. The summed E-state index contributed by atoms with van der Waals surface area (Å²) in [5.74, 6) is 0.00830. The Morgan fingerprint density at radius 2 is 1.94 bits per heavy atom. The van der Waals surface area contributed by atoms with Crippen LogP contribution in [0.1, 0.15) is 47.0 Å². The van der Waals surface area contributed by atoms with Crippen LogP contribution in [0.2, 0.25) is 0 Å². The molecular weight excluding hydrogens is 232 g/mol. The highest BCUT2D eigenvalue weighted by atomic mass is 16.6. The molecule has 0 saturated carbocycles. The van der Waals surface area contributed by atoms with Crippen molar-refractivity contribution in [1.29, 1.82) is 0 Å². The summed E-state index contributed by atoms with van der Waals surface area (Å²) in [6.07, 6.45) is 2.03. The summed E-state index contributed by atoms with van der Waals surface area (Å²) in [7, 11) is 0. The first-order chi connectivity index (χ1) is 8.33. The van der Waals surface area contributed by atoms with Crippen molar-refractivity contribution in [2.75, 3.05) is 13.1 Å². The number of alkyl carbamates (subject to hydrolysis) is 1. The third kappa shape index (κ3) is 4.55. The smallest absolute Gasteiger partial charge is 0.408 e. The van der Waals surface area contributed by atoms with E-state index < -0.39 is 17.7 Å². The Balaban J connectivity index is 2.51. The van der Waals surface area contributed by atoms with Gasteiger partial charge in [-0.3, -0.25) is 4.79 Å². The Morgan fingerprint density at radius 3 is 2.33 bits per heavy atom. The number of ether oxygens (including phenoxy) is 1. The predicted molar refractivity (Wildman–Crippen MR) is 69.3 cm³/mol. The van der Waals surface area contributed by atoms with Crippen molar-refractivity contribution in [3.63, 3.8) is 0 Å². The zero-order chi connectivity index (χ0) is 13.8. The minimum atomic E-state index is -0.541. The molecular formula is C13H24N2O3. The van der Waals surface area contributed by atoms with Gasteiger partial charge in [0, 0.05) is 13.1 Å². The van der Waals surface area contributed by atoms with Crippen LogP contribution >= 0.6 is 0 Å². The molecule has 0 aromatic heterocycles. The van der Waals surface area contributed by atoms with Gasteiger partial charge in [0.15, 0.2) is 0 Å². The number of carbonyl (C=O) groups is 2. The van der Waals surface area contributed by atoms with E-state index in [-0.39, 0.29) is 5.91 Å². The number of hydrogen-bond donors (Lipinski definition) is 1. The second-order valence-corrected chi connectivity index (χ2v) is 5.67. The van der Waals surface area contributed by atoms with E-state index >= 15 is 0 Å². The van der Waals surface area contributed by atoms with Gasteiger partial charge in [0.1, 0.15) is 11.6 Å². The fourth-order valence-electron chi connectivity index (χ4n) is 1.75. The lowest BCUT2D eigenvalue weighted by atomic mass is 10.1. The molecule has 1 rings (SSSR count). The van der Waals surface area contributed by atoms with Gasteiger partial charge in [-0.1, -0.05) is 13.3 Å². The van der Waals surface area contributed by atoms with Crippen molar-refractivity contribution in [3.8, 4) is 0 Å². The number of nitrogens with zero attached hydrogens (tertiary/aromatic N) is 1. The minimum Gasteiger partial charge on any atom is -0.444 e. The normalized spacial score (nSPS) is 16.8. The summed E-state index contributed by atoms with van der Waals surface area (Å²) >= 11 is 0. The number of hydrogen-bond acceptors (Lipinski definition) is 3. The third-order valence-corrected chi connectivity index (χ3v) is 2.73. The van der Waals surface area contributed by atoms with Crippen LogP contribution in [-0.2, 0) is 9.53 Å². The molecule has 0 bridgehead atoms. The average Bonchev–Trinajstić information content (AvgIpc) is 2.11. The van der Waals surface area contributed by atoms with Crippen molar-refractivity contribution >= 4 is 12.0 Å². The number of nitrogens with one attached hydrogen (secondary N) is 1. The van der Waals surface area contributed by atoms with Gasteiger partial charge in [-0.05, 0) is 33.6 Å². The highest BCUT2D eigenvalue weighted by Gasteiger charge is 2.29. The lowest BCUT2D eigenvalue weighted by Gasteiger charge is -2.34. The fourth-order valence-corrected chi connectivity index (χ4v) is 1.75. The monoisotopic (exact) mass is 256 g/mol. The molecule has 1 fully saturated rings. The van der Waals surface area contributed by atoms with Crippen molar-refractivity contribution in [1.82, 2.24) is 10.2 Å². The van der Waals surface area contributed by atoms with E-state index in [2.05, 4.69) is 5.32 Å². The van der Waals surface area contributed by atoms with Crippen molar-refractivity contribution < 1.29 is 14.3 Å². The highest BCUT2D eigenvalue weighted by molar-refractivity contribution is 5.86. The first-order valence-electron chi connectivity index (χ1n) is 6.62. The van der Waals surface area contributed by atoms with Crippen LogP contribution < -0.4 is 5.32 Å². The summed E-state index contributed by atoms with van der Waals surface area (Å²) in [5, 5.41) is 2.67. The van der Waals surface area contributed by atoms with Crippen LogP contribution in [0, 0.1) is 0 Å². The maximum Gasteiger partial charge on any atom is 0.408 e. The molecule has 18 heavy (non-hydrogen) atoms. The van der Waals surface area contributed by atoms with Crippen LogP contribution in [-0.4, -0.2) is 41.6 Å². The van der Waals surface area contributed by atoms with Gasteiger partial charge in [-0.25, -0.2) is 4.79 Å². The molecule has 1 N–H and O–H groups in total. The van der Waals surface area contributed by atoms with E-state index in [1.807, 2.05) is 6.92 Å². The molecule has 5 nitrogen and oxygen atoms in total. The molecule has 1 aliphatic rings. The largest absolute Gasteiger partial charge is 0.444 e. The second kappa shape index (κ2) is 6.07. The van der Waals surface area contributed by atoms with E-state index in [9.17, 15) is 9.59 Å². The van der Waals surface area contributed by atoms with E-state index in [0.717, 1.165) is 25.9 Å². The molecule has 0 aromatic rings. The van der Waals surface area contributed by atoms with Crippen LogP contribution in [0.15, 0.2) is 0 Å². The minimum absolute atomic E-state index is 0.00830. The standard InChI is InChI=1S/C13H24N2O3/c1-5-7-10(11(16)15-8-6-9-15)14-12(17)18-13(2,3)4/h10H,5-9H2,1-4H3,(H,14,17)/t10-/m0/s1. The average molecular weight is 256 g/mol. The predicted octanol–water partition coefficient (Wildman–Crippen LogP) is 1.91. The highest BCUT2D eigenvalue weighted by Crippen LogP contribution is 2.12. The van der Waals surface area contributed by atoms with Crippen molar-refractivity contribution in [2.24, 2.45) is 0 Å². The van der Waals surface area contributed by atoms with Crippen LogP contribution in [0.3, 0.4) is 0 Å². The summed E-state index contributed by atoms with van der Waals surface area (Å²) in [4.78, 5) is 25.5. The Kier molecular flexibility index (Phi) is 4.99. The first kappa shape index (κ1) is 14.8. The second-order valence-electron chi connectivity index (χ2n) is 5.67. The van der Waals surface area contributed by atoms with Gasteiger partial charge in [0.2, 0.25) is 5.91 Å². The quantitative estimate of drug-likeness (QED) is 0.836. The zero-order valence-corrected chi connectivity index (χ0v) is 11.8. The summed E-state index contributed by atoms with van der Waals surface area (Å²) in [6.45, 7) is 9.01. The molecule has 1 saturated heterocycles. The van der Waals surface area contributed by atoms with E-state index in [4.69, 9.17) is 4.74 Å². The lowest BCUT2D eigenvalue weighted by Crippen LogP contribution is -2.53. The van der Waals surface area contributed by atoms with Gasteiger partial charge >= 0.3 is 6.09 Å². The number of carbonyl (C=O) groups excluding carboxylic acids is 2. The topological polar surface area (TPSA) is 58.6 Å². The molecule has 0 unspecified atom stereocenters. The van der Waals surface area contributed by atoms with Gasteiger partial charge in [0.05, 0.1) is 0 Å². The Morgan fingerprint density at radius 1 is 1.33 bits per heavy atom. The Hall–Kier alpha value is -1.26. The fraction of sp³-hybridized carbons (Fsp3) is 0.846. The van der Waals surface area contributed by atoms with Gasteiger partial charge in [-0.2, -0.15) is 0 Å². The molecule has 1 aliphatic heterocycles. The Labute approximate surface area is 109 Å². The van der Waals surface area contributed by atoms with Crippen LogP contribution in [0.4, 0.5) is 4.79 Å². The molecule has 0 aromatic carbocycles. The maximum absolute atomic E-state index is 12.1. The van der Waals surface area contributed by atoms with E-state index in [1.54, 1.807) is 25.7 Å². The van der Waals surface area contributed by atoms with Crippen molar-refractivity contribution in [3.05, 3.63) is 0 Å². The van der Waals surface area contributed by atoms with E-state index in [1.165, 1.54) is 0 Å². The summed E-state index contributed by atoms with van der Waals surface area (Å²) < 4.78 is 5.18. The summed E-state index contributed by atoms with van der Waals surface area (Å²) in [6, 6.07) is -0.454. The van der Waals surface area contributed by atoms with Gasteiger partial charge in [0.25, 0.3) is 0 Å². The molecule has 5 heteroatoms. The number of likely N-dealkylation sites (tertiary alicyclic amines) is 1. The molecule has 1 atom stereocenters. The van der Waals surface area contributed by atoms with Crippen LogP contribution in [0.25, 0.3) is 0 Å². The maximum atomic E-state index is 12.1. The summed E-state index contributed by atoms with van der Waals surface area (Å²) in [5.41, 5.74) is -0.541.